The molecule has 0 bridgehead atoms. The highest BCUT2D eigenvalue weighted by Gasteiger charge is 2.14. The highest BCUT2D eigenvalue weighted by molar-refractivity contribution is 7.80. The van der Waals surface area contributed by atoms with Gasteiger partial charge >= 0.3 is 0 Å². The molecule has 0 radical (unpaired) electrons. The van der Waals surface area contributed by atoms with Crippen molar-refractivity contribution < 1.29 is 19.1 Å². The lowest BCUT2D eigenvalue weighted by Crippen LogP contribution is -2.34. The molecule has 0 unspecified atom stereocenters. The van der Waals surface area contributed by atoms with Gasteiger partial charge in [-0.05, 0) is 69.4 Å². The number of carbonyl (C=O) groups is 2. The molecule has 8 heteroatoms. The van der Waals surface area contributed by atoms with Crippen LogP contribution in [0.2, 0.25) is 0 Å². The third-order valence-electron chi connectivity index (χ3n) is 3.87. The van der Waals surface area contributed by atoms with E-state index in [-0.39, 0.29) is 23.0 Å². The summed E-state index contributed by atoms with van der Waals surface area (Å²) in [5.74, 6) is -0.0705. The largest absolute Gasteiger partial charge is 0.490 e. The Hall–Kier alpha value is -2.97. The predicted octanol–water partition coefficient (Wildman–Crippen LogP) is 3.37. The normalized spacial score (nSPS) is 10.4. The number of carbonyl (C=O) groups excluding carboxylic acids is 2. The van der Waals surface area contributed by atoms with Crippen molar-refractivity contribution in [3.8, 4) is 5.75 Å². The minimum Gasteiger partial charge on any atom is -0.490 e. The highest BCUT2D eigenvalue weighted by atomic mass is 32.1. The van der Waals surface area contributed by atoms with E-state index in [2.05, 4.69) is 16.0 Å². The fourth-order valence-corrected chi connectivity index (χ4v) is 2.73. The Morgan fingerprint density at radius 2 is 1.70 bits per heavy atom. The number of thiocarbonyl (C=S) groups is 1. The van der Waals surface area contributed by atoms with Crippen LogP contribution in [0, 0.1) is 0 Å². The van der Waals surface area contributed by atoms with Crippen molar-refractivity contribution in [2.75, 3.05) is 25.1 Å². The van der Waals surface area contributed by atoms with Crippen LogP contribution in [-0.2, 0) is 4.74 Å². The van der Waals surface area contributed by atoms with E-state index in [0.717, 1.165) is 0 Å². The third kappa shape index (κ3) is 7.46. The van der Waals surface area contributed by atoms with Crippen LogP contribution in [0.3, 0.4) is 0 Å². The predicted molar refractivity (Wildman–Crippen MR) is 121 cm³/mol. The molecule has 0 heterocycles. The Balaban J connectivity index is 1.93. The molecule has 0 aliphatic rings. The van der Waals surface area contributed by atoms with Crippen molar-refractivity contribution in [2.45, 2.75) is 26.8 Å². The summed E-state index contributed by atoms with van der Waals surface area (Å²) in [5, 5.41) is 8.55. The highest BCUT2D eigenvalue weighted by Crippen LogP contribution is 2.18. The lowest BCUT2D eigenvalue weighted by Gasteiger charge is -2.13. The van der Waals surface area contributed by atoms with Crippen LogP contribution < -0.4 is 20.7 Å². The van der Waals surface area contributed by atoms with Crippen LogP contribution in [0.15, 0.2) is 48.5 Å². The average Bonchev–Trinajstić information content (AvgIpc) is 2.71. The fourth-order valence-electron chi connectivity index (χ4n) is 2.52. The van der Waals surface area contributed by atoms with E-state index in [1.165, 1.54) is 0 Å². The maximum absolute atomic E-state index is 12.6. The number of ether oxygens (including phenoxy) is 2. The van der Waals surface area contributed by atoms with Crippen LogP contribution in [0.4, 0.5) is 5.69 Å². The van der Waals surface area contributed by atoms with Crippen molar-refractivity contribution in [2.24, 2.45) is 0 Å². The zero-order chi connectivity index (χ0) is 21.9. The first kappa shape index (κ1) is 23.3. The lowest BCUT2D eigenvalue weighted by atomic mass is 10.2. The molecule has 2 amide bonds. The first-order chi connectivity index (χ1) is 14.4. The summed E-state index contributed by atoms with van der Waals surface area (Å²) >= 11 is 5.24. The number of hydrogen-bond donors (Lipinski definition) is 3. The van der Waals surface area contributed by atoms with E-state index in [1.807, 2.05) is 20.8 Å². The van der Waals surface area contributed by atoms with Gasteiger partial charge in [-0.1, -0.05) is 12.1 Å². The summed E-state index contributed by atoms with van der Waals surface area (Å²) < 4.78 is 10.9. The molecule has 160 valence electrons. The number of benzene rings is 2. The lowest BCUT2D eigenvalue weighted by molar-refractivity contribution is 0.0940. The third-order valence-corrected chi connectivity index (χ3v) is 4.08. The fraction of sp³-hybridized carbons (Fsp3) is 0.318. The summed E-state index contributed by atoms with van der Waals surface area (Å²) in [6, 6.07) is 13.8. The van der Waals surface area contributed by atoms with Crippen molar-refractivity contribution >= 4 is 34.8 Å². The Morgan fingerprint density at radius 3 is 2.37 bits per heavy atom. The summed E-state index contributed by atoms with van der Waals surface area (Å²) in [6.45, 7) is 7.10. The molecule has 0 fully saturated rings. The van der Waals surface area contributed by atoms with Gasteiger partial charge in [-0.15, -0.1) is 0 Å². The van der Waals surface area contributed by atoms with E-state index in [4.69, 9.17) is 21.7 Å². The van der Waals surface area contributed by atoms with Crippen LogP contribution in [0.1, 0.15) is 41.5 Å². The molecule has 0 spiro atoms. The molecule has 0 aliphatic carbocycles. The van der Waals surface area contributed by atoms with Crippen LogP contribution in [0.25, 0.3) is 0 Å². The maximum Gasteiger partial charge on any atom is 0.261 e. The quantitative estimate of drug-likeness (QED) is 0.418. The van der Waals surface area contributed by atoms with Crippen molar-refractivity contribution in [1.29, 1.82) is 0 Å². The van der Waals surface area contributed by atoms with Crippen LogP contribution in [-0.4, -0.2) is 42.8 Å². The van der Waals surface area contributed by atoms with Gasteiger partial charge in [-0.2, -0.15) is 0 Å². The van der Waals surface area contributed by atoms with Crippen LogP contribution >= 0.6 is 12.2 Å². The molecule has 3 N–H and O–H groups in total. The molecular weight excluding hydrogens is 402 g/mol. The number of amides is 2. The van der Waals surface area contributed by atoms with E-state index < -0.39 is 0 Å². The zero-order valence-corrected chi connectivity index (χ0v) is 18.2. The molecule has 2 rings (SSSR count). The minimum atomic E-state index is -0.382. The summed E-state index contributed by atoms with van der Waals surface area (Å²) in [4.78, 5) is 24.6. The van der Waals surface area contributed by atoms with E-state index in [9.17, 15) is 9.59 Å². The number of para-hydroxylation sites is 1. The second-order valence-corrected chi connectivity index (χ2v) is 7.06. The molecule has 0 atom stereocenters. The van der Waals surface area contributed by atoms with Crippen molar-refractivity contribution in [3.05, 3.63) is 59.7 Å². The minimum absolute atomic E-state index is 0.0594. The molecule has 30 heavy (non-hydrogen) atoms. The van der Waals surface area contributed by atoms with Gasteiger partial charge in [0.1, 0.15) is 12.4 Å². The Labute approximate surface area is 182 Å². The number of nitrogens with one attached hydrogen (secondary N) is 3. The summed E-state index contributed by atoms with van der Waals surface area (Å²) in [7, 11) is 0. The van der Waals surface area contributed by atoms with Gasteiger partial charge in [-0.25, -0.2) is 0 Å². The van der Waals surface area contributed by atoms with Gasteiger partial charge < -0.3 is 20.1 Å². The number of anilines is 1. The van der Waals surface area contributed by atoms with Crippen molar-refractivity contribution in [3.63, 3.8) is 0 Å². The smallest absolute Gasteiger partial charge is 0.261 e. The van der Waals surface area contributed by atoms with Crippen LogP contribution in [0.5, 0.6) is 5.75 Å². The topological polar surface area (TPSA) is 88.7 Å². The average molecular weight is 430 g/mol. The SMILES string of the molecule is CCOCCOc1ccccc1C(=O)NC(=S)Nc1ccc(C(=O)NC(C)C)cc1. The molecule has 0 aromatic heterocycles. The zero-order valence-electron chi connectivity index (χ0n) is 17.4. The first-order valence-electron chi connectivity index (χ1n) is 9.73. The molecule has 0 saturated carbocycles. The van der Waals surface area contributed by atoms with Gasteiger partial charge in [0, 0.05) is 23.9 Å². The first-order valence-corrected chi connectivity index (χ1v) is 10.1. The monoisotopic (exact) mass is 429 g/mol. The Morgan fingerprint density at radius 1 is 1.00 bits per heavy atom. The van der Waals surface area contributed by atoms with E-state index in [0.29, 0.717) is 42.4 Å². The summed E-state index contributed by atoms with van der Waals surface area (Å²) in [5.41, 5.74) is 1.57. The second-order valence-electron chi connectivity index (χ2n) is 6.66. The van der Waals surface area contributed by atoms with Gasteiger partial charge in [0.2, 0.25) is 0 Å². The molecule has 7 nitrogen and oxygen atoms in total. The van der Waals surface area contributed by atoms with E-state index >= 15 is 0 Å². The molecule has 0 saturated heterocycles. The van der Waals surface area contributed by atoms with Gasteiger partial charge in [0.15, 0.2) is 5.11 Å². The second kappa shape index (κ2) is 11.9. The molecule has 2 aromatic carbocycles. The van der Waals surface area contributed by atoms with Gasteiger partial charge in [0.05, 0.1) is 12.2 Å². The standard InChI is InChI=1S/C22H27N3O4S/c1-4-28-13-14-29-19-8-6-5-7-18(19)21(27)25-22(30)24-17-11-9-16(10-12-17)20(26)23-15(2)3/h5-12,15H,4,13-14H2,1-3H3,(H,23,26)(H2,24,25,27,30). The Bertz CT molecular complexity index is 869. The number of rotatable bonds is 9. The van der Waals surface area contributed by atoms with Crippen molar-refractivity contribution in [1.82, 2.24) is 10.6 Å². The number of hydrogen-bond acceptors (Lipinski definition) is 5. The van der Waals surface area contributed by atoms with E-state index in [1.54, 1.807) is 48.5 Å². The molecule has 2 aromatic rings. The van der Waals surface area contributed by atoms with Gasteiger partial charge in [0.25, 0.3) is 11.8 Å². The summed E-state index contributed by atoms with van der Waals surface area (Å²) in [6.07, 6.45) is 0. The molecular formula is C22H27N3O4S. The van der Waals surface area contributed by atoms with Gasteiger partial charge in [-0.3, -0.25) is 14.9 Å². The Kier molecular flexibility index (Phi) is 9.24. The maximum atomic E-state index is 12.6. The molecule has 0 aliphatic heterocycles.